The van der Waals surface area contributed by atoms with Crippen molar-refractivity contribution in [1.29, 1.82) is 0 Å². The van der Waals surface area contributed by atoms with Crippen molar-refractivity contribution < 1.29 is 19.1 Å². The summed E-state index contributed by atoms with van der Waals surface area (Å²) < 4.78 is 10.8. The van der Waals surface area contributed by atoms with Crippen molar-refractivity contribution in [3.8, 4) is 5.75 Å². The van der Waals surface area contributed by atoms with Crippen LogP contribution in [0, 0.1) is 0 Å². The second-order valence-electron chi connectivity index (χ2n) is 9.84. The SMILES string of the molecule is CCOC(=O)c1c(NC(=O)C(Sc2cccc(NC(=S)Nc3ccccc3OC)c2)c2ccccc2)sc2c1CCCC2. The van der Waals surface area contributed by atoms with Gasteiger partial charge in [0.05, 0.1) is 25.0 Å². The molecule has 3 N–H and O–H groups in total. The molecule has 4 aromatic rings. The van der Waals surface area contributed by atoms with Crippen LogP contribution in [-0.4, -0.2) is 30.7 Å². The molecule has 1 atom stereocenters. The summed E-state index contributed by atoms with van der Waals surface area (Å²) in [7, 11) is 1.61. The third-order valence-electron chi connectivity index (χ3n) is 6.93. The van der Waals surface area contributed by atoms with E-state index in [-0.39, 0.29) is 18.5 Å². The summed E-state index contributed by atoms with van der Waals surface area (Å²) in [6, 6.07) is 24.9. The fraction of sp³-hybridized carbons (Fsp3) is 0.242. The number of thiophene rings is 1. The molecule has 1 heterocycles. The van der Waals surface area contributed by atoms with E-state index in [1.54, 1.807) is 14.0 Å². The number of thiocarbonyl (C=S) groups is 1. The number of hydrogen-bond donors (Lipinski definition) is 3. The van der Waals surface area contributed by atoms with E-state index >= 15 is 0 Å². The van der Waals surface area contributed by atoms with E-state index in [0.29, 0.717) is 21.4 Å². The smallest absolute Gasteiger partial charge is 0.341 e. The van der Waals surface area contributed by atoms with Gasteiger partial charge < -0.3 is 25.4 Å². The fourth-order valence-electron chi connectivity index (χ4n) is 4.97. The molecule has 1 aliphatic rings. The molecule has 0 saturated heterocycles. The largest absolute Gasteiger partial charge is 0.495 e. The molecule has 0 bridgehead atoms. The fourth-order valence-corrected chi connectivity index (χ4v) is 7.56. The molecule has 10 heteroatoms. The second-order valence-corrected chi connectivity index (χ2v) is 12.5. The van der Waals surface area contributed by atoms with E-state index in [4.69, 9.17) is 21.7 Å². The van der Waals surface area contributed by atoms with Gasteiger partial charge in [0.25, 0.3) is 0 Å². The van der Waals surface area contributed by atoms with Crippen LogP contribution in [0.15, 0.2) is 83.8 Å². The Bertz CT molecular complexity index is 1610. The van der Waals surface area contributed by atoms with Gasteiger partial charge >= 0.3 is 5.97 Å². The number of hydrogen-bond acceptors (Lipinski definition) is 7. The number of carbonyl (C=O) groups is 2. The first kappa shape index (κ1) is 30.6. The number of fused-ring (bicyclic) bond motifs is 1. The van der Waals surface area contributed by atoms with Crippen LogP contribution in [0.25, 0.3) is 0 Å². The first-order valence-electron chi connectivity index (χ1n) is 14.1. The first-order chi connectivity index (χ1) is 21.0. The van der Waals surface area contributed by atoms with Gasteiger partial charge in [-0.05, 0) is 86.3 Å². The highest BCUT2D eigenvalue weighted by atomic mass is 32.2. The van der Waals surface area contributed by atoms with Crippen LogP contribution < -0.4 is 20.7 Å². The summed E-state index contributed by atoms with van der Waals surface area (Å²) in [6.45, 7) is 2.07. The molecule has 1 amide bonds. The zero-order chi connectivity index (χ0) is 30.2. The molecule has 1 aliphatic carbocycles. The summed E-state index contributed by atoms with van der Waals surface area (Å²) in [5.41, 5.74) is 3.92. The number of ether oxygens (including phenoxy) is 2. The summed E-state index contributed by atoms with van der Waals surface area (Å²) in [5, 5.41) is 9.93. The number of rotatable bonds is 10. The molecular weight excluding hydrogens is 599 g/mol. The Hall–Kier alpha value is -3.86. The van der Waals surface area contributed by atoms with Crippen molar-refractivity contribution in [3.63, 3.8) is 0 Å². The summed E-state index contributed by atoms with van der Waals surface area (Å²) in [4.78, 5) is 29.0. The maximum absolute atomic E-state index is 14.0. The average molecular weight is 632 g/mol. The van der Waals surface area contributed by atoms with Gasteiger partial charge in [-0.15, -0.1) is 23.1 Å². The van der Waals surface area contributed by atoms with Crippen molar-refractivity contribution in [3.05, 3.63) is 100 Å². The number of anilines is 3. The lowest BCUT2D eigenvalue weighted by molar-refractivity contribution is -0.115. The van der Waals surface area contributed by atoms with E-state index in [0.717, 1.165) is 58.0 Å². The lowest BCUT2D eigenvalue weighted by Crippen LogP contribution is -2.21. The Morgan fingerprint density at radius 2 is 1.72 bits per heavy atom. The number of aryl methyl sites for hydroxylation is 1. The van der Waals surface area contributed by atoms with Gasteiger partial charge in [-0.3, -0.25) is 4.79 Å². The van der Waals surface area contributed by atoms with Crippen LogP contribution in [0.3, 0.4) is 0 Å². The third kappa shape index (κ3) is 7.57. The molecular formula is C33H33N3O4S3. The van der Waals surface area contributed by atoms with Crippen LogP contribution >= 0.6 is 35.3 Å². The lowest BCUT2D eigenvalue weighted by atomic mass is 9.95. The number of carbonyl (C=O) groups excluding carboxylic acids is 2. The Balaban J connectivity index is 1.36. The maximum Gasteiger partial charge on any atom is 0.341 e. The lowest BCUT2D eigenvalue weighted by Gasteiger charge is -2.18. The van der Waals surface area contributed by atoms with Crippen LogP contribution in [0.2, 0.25) is 0 Å². The van der Waals surface area contributed by atoms with E-state index < -0.39 is 5.25 Å². The number of nitrogens with one attached hydrogen (secondary N) is 3. The normalized spacial score (nSPS) is 12.9. The summed E-state index contributed by atoms with van der Waals surface area (Å²) in [5.74, 6) is 0.107. The molecule has 7 nitrogen and oxygen atoms in total. The predicted molar refractivity (Wildman–Crippen MR) is 180 cm³/mol. The maximum atomic E-state index is 14.0. The topological polar surface area (TPSA) is 88.7 Å². The summed E-state index contributed by atoms with van der Waals surface area (Å²) in [6.07, 6.45) is 3.83. The molecule has 3 aromatic carbocycles. The molecule has 5 rings (SSSR count). The molecule has 0 saturated carbocycles. The zero-order valence-corrected chi connectivity index (χ0v) is 26.4. The summed E-state index contributed by atoms with van der Waals surface area (Å²) >= 11 is 8.48. The molecule has 0 fully saturated rings. The second kappa shape index (κ2) is 14.5. The molecule has 1 aromatic heterocycles. The van der Waals surface area contributed by atoms with Gasteiger partial charge in [-0.1, -0.05) is 48.5 Å². The number of esters is 1. The Kier molecular flexibility index (Phi) is 10.3. The molecule has 1 unspecified atom stereocenters. The molecule has 0 radical (unpaired) electrons. The monoisotopic (exact) mass is 631 g/mol. The van der Waals surface area contributed by atoms with Crippen molar-refractivity contribution >= 4 is 68.7 Å². The standard InChI is InChI=1S/C33H33N3O4S3/c1-3-40-32(38)28-24-16-7-10-19-27(24)43-31(28)36-30(37)29(21-12-5-4-6-13-21)42-23-15-11-14-22(20-23)34-33(41)35-25-17-8-9-18-26(25)39-2/h4-6,8-9,11-15,17-18,20,29H,3,7,10,16,19H2,1-2H3,(H,36,37)(H2,34,35,41). The van der Waals surface area contributed by atoms with Gasteiger partial charge in [-0.25, -0.2) is 4.79 Å². The zero-order valence-electron chi connectivity index (χ0n) is 24.0. The van der Waals surface area contributed by atoms with Crippen LogP contribution in [-0.2, 0) is 22.4 Å². The van der Waals surface area contributed by atoms with E-state index in [1.165, 1.54) is 23.1 Å². The van der Waals surface area contributed by atoms with Crippen LogP contribution in [0.5, 0.6) is 5.75 Å². The van der Waals surface area contributed by atoms with Crippen molar-refractivity contribution in [2.45, 2.75) is 42.8 Å². The van der Waals surface area contributed by atoms with Gasteiger partial charge in [-0.2, -0.15) is 0 Å². The molecule has 222 valence electrons. The van der Waals surface area contributed by atoms with Crippen LogP contribution in [0.1, 0.15) is 51.4 Å². The number of thioether (sulfide) groups is 1. The van der Waals surface area contributed by atoms with Crippen molar-refractivity contribution in [1.82, 2.24) is 0 Å². The van der Waals surface area contributed by atoms with Gasteiger partial charge in [0.2, 0.25) is 5.91 Å². The highest BCUT2D eigenvalue weighted by Gasteiger charge is 2.30. The molecule has 0 aliphatic heterocycles. The number of methoxy groups -OCH3 is 1. The van der Waals surface area contributed by atoms with Gasteiger partial charge in [0.1, 0.15) is 16.0 Å². The molecule has 43 heavy (non-hydrogen) atoms. The third-order valence-corrected chi connectivity index (χ3v) is 9.59. The Labute approximate surface area is 265 Å². The number of benzene rings is 3. The Morgan fingerprint density at radius 1 is 0.953 bits per heavy atom. The van der Waals surface area contributed by atoms with Crippen molar-refractivity contribution in [2.75, 3.05) is 29.7 Å². The quantitative estimate of drug-likeness (QED) is 0.0920. The van der Waals surface area contributed by atoms with E-state index in [2.05, 4.69) is 16.0 Å². The van der Waals surface area contributed by atoms with E-state index in [9.17, 15) is 9.59 Å². The molecule has 0 spiro atoms. The number of amides is 1. The number of para-hydroxylation sites is 2. The predicted octanol–water partition coefficient (Wildman–Crippen LogP) is 8.09. The average Bonchev–Trinajstić information content (AvgIpc) is 3.38. The van der Waals surface area contributed by atoms with E-state index in [1.807, 2.05) is 78.9 Å². The highest BCUT2D eigenvalue weighted by molar-refractivity contribution is 8.00. The van der Waals surface area contributed by atoms with Gasteiger partial charge in [0.15, 0.2) is 5.11 Å². The first-order valence-corrected chi connectivity index (χ1v) is 16.2. The minimum absolute atomic E-state index is 0.202. The minimum atomic E-state index is -0.565. The highest BCUT2D eigenvalue weighted by Crippen LogP contribution is 2.41. The minimum Gasteiger partial charge on any atom is -0.495 e. The van der Waals surface area contributed by atoms with Crippen LogP contribution in [0.4, 0.5) is 16.4 Å². The Morgan fingerprint density at radius 3 is 2.51 bits per heavy atom. The van der Waals surface area contributed by atoms with Gasteiger partial charge in [0, 0.05) is 15.5 Å². The van der Waals surface area contributed by atoms with Crippen molar-refractivity contribution in [2.24, 2.45) is 0 Å².